The smallest absolute Gasteiger partial charge is 0.367 e. The molecule has 17 heteroatoms. The molecule has 1 aliphatic carbocycles. The van der Waals surface area contributed by atoms with E-state index in [4.69, 9.17) is 4.84 Å². The number of carbonyl (C=O) groups excluding carboxylic acids is 2. The molecule has 1 atom stereocenters. The first-order chi connectivity index (χ1) is 25.1. The van der Waals surface area contributed by atoms with Crippen molar-refractivity contribution in [2.45, 2.75) is 69.4 Å². The first-order valence-electron chi connectivity index (χ1n) is 17.0. The second-order valence-electron chi connectivity index (χ2n) is 12.8. The molecular formula is C35H38F3N11O3. The van der Waals surface area contributed by atoms with Gasteiger partial charge in [0.1, 0.15) is 23.3 Å². The molecule has 272 valence electrons. The summed E-state index contributed by atoms with van der Waals surface area (Å²) in [6.45, 7) is 1.15. The minimum atomic E-state index is -5.33. The minimum absolute atomic E-state index is 0.102. The second kappa shape index (κ2) is 16.1. The number of carbonyl (C=O) groups is 2. The summed E-state index contributed by atoms with van der Waals surface area (Å²) in [5, 5.41) is 24.2. The van der Waals surface area contributed by atoms with E-state index in [9.17, 15) is 28.0 Å². The molecule has 6 rings (SSSR count). The van der Waals surface area contributed by atoms with E-state index >= 15 is 0 Å². The Hall–Kier alpha value is -5.76. The largest absolute Gasteiger partial charge is 0.493 e. The number of amides is 2. The number of aromatic nitrogens is 5. The quantitative estimate of drug-likeness (QED) is 0.185. The number of alkyl halides is 3. The summed E-state index contributed by atoms with van der Waals surface area (Å²) < 4.78 is 41.9. The molecule has 52 heavy (non-hydrogen) atoms. The number of pyridine rings is 1. The third kappa shape index (κ3) is 8.93. The van der Waals surface area contributed by atoms with Crippen LogP contribution in [0, 0.1) is 11.3 Å². The summed E-state index contributed by atoms with van der Waals surface area (Å²) in [5.41, 5.74) is 2.29. The van der Waals surface area contributed by atoms with Crippen molar-refractivity contribution in [3.63, 3.8) is 0 Å². The van der Waals surface area contributed by atoms with Crippen molar-refractivity contribution in [1.82, 2.24) is 35.1 Å². The molecule has 0 spiro atoms. The highest BCUT2D eigenvalue weighted by Gasteiger charge is 2.45. The number of urea groups is 1. The zero-order valence-electron chi connectivity index (χ0n) is 28.4. The number of aryl methyl sites for hydroxylation is 1. The Morgan fingerprint density at radius 1 is 1.04 bits per heavy atom. The van der Waals surface area contributed by atoms with Gasteiger partial charge in [-0.05, 0) is 62.8 Å². The molecule has 0 bridgehead atoms. The fraction of sp³-hybridized carbons (Fsp3) is 0.400. The van der Waals surface area contributed by atoms with E-state index in [1.807, 2.05) is 0 Å². The van der Waals surface area contributed by atoms with Crippen molar-refractivity contribution < 1.29 is 27.6 Å². The van der Waals surface area contributed by atoms with Gasteiger partial charge in [-0.25, -0.2) is 19.6 Å². The molecule has 4 heterocycles. The van der Waals surface area contributed by atoms with Gasteiger partial charge in [0, 0.05) is 55.2 Å². The van der Waals surface area contributed by atoms with Crippen molar-refractivity contribution in [1.29, 1.82) is 5.26 Å². The second-order valence-corrected chi connectivity index (χ2v) is 12.8. The van der Waals surface area contributed by atoms with Crippen molar-refractivity contribution >= 4 is 29.6 Å². The Kier molecular flexibility index (Phi) is 11.1. The SMILES string of the molecule is Cn1cc(-c2ccc(N(C(=O)N(Cc3ccccc3)OC(=O)C(F)(F)F)C3CCC(Nc4ncc(C#N)c(NCC5CCCN5)n4)CC3)nc2)cn1. The third-order valence-corrected chi connectivity index (χ3v) is 9.03. The maximum absolute atomic E-state index is 14.3. The van der Waals surface area contributed by atoms with Crippen LogP contribution in [0.1, 0.15) is 49.7 Å². The van der Waals surface area contributed by atoms with Gasteiger partial charge in [0.2, 0.25) is 5.95 Å². The number of hydrogen-bond donors (Lipinski definition) is 3. The van der Waals surface area contributed by atoms with E-state index < -0.39 is 30.8 Å². The Labute approximate surface area is 298 Å². The predicted octanol–water partition coefficient (Wildman–Crippen LogP) is 5.18. The van der Waals surface area contributed by atoms with Crippen molar-refractivity contribution in [2.24, 2.45) is 7.05 Å². The van der Waals surface area contributed by atoms with Gasteiger partial charge in [-0.15, -0.1) is 5.06 Å². The highest BCUT2D eigenvalue weighted by Crippen LogP contribution is 2.31. The predicted molar refractivity (Wildman–Crippen MR) is 184 cm³/mol. The van der Waals surface area contributed by atoms with Gasteiger partial charge in [0.25, 0.3) is 0 Å². The number of anilines is 3. The van der Waals surface area contributed by atoms with Crippen LogP contribution in [0.2, 0.25) is 0 Å². The van der Waals surface area contributed by atoms with Gasteiger partial charge in [-0.3, -0.25) is 9.58 Å². The van der Waals surface area contributed by atoms with Gasteiger partial charge < -0.3 is 20.8 Å². The molecule has 1 unspecified atom stereocenters. The van der Waals surface area contributed by atoms with Gasteiger partial charge in [0.15, 0.2) is 0 Å². The lowest BCUT2D eigenvalue weighted by Crippen LogP contribution is -2.51. The molecule has 2 amide bonds. The van der Waals surface area contributed by atoms with Crippen LogP contribution in [0.3, 0.4) is 0 Å². The lowest BCUT2D eigenvalue weighted by atomic mass is 9.90. The molecule has 1 aliphatic heterocycles. The number of nitriles is 1. The van der Waals surface area contributed by atoms with Crippen LogP contribution in [0.5, 0.6) is 0 Å². The molecule has 2 fully saturated rings. The number of nitrogens with one attached hydrogen (secondary N) is 3. The average molecular weight is 718 g/mol. The number of hydroxylamine groups is 2. The fourth-order valence-electron chi connectivity index (χ4n) is 6.35. The Morgan fingerprint density at radius 2 is 1.83 bits per heavy atom. The van der Waals surface area contributed by atoms with E-state index in [-0.39, 0.29) is 11.9 Å². The molecule has 3 aromatic heterocycles. The van der Waals surface area contributed by atoms with Crippen LogP contribution in [-0.4, -0.2) is 79.2 Å². The molecule has 4 aromatic rings. The number of nitrogens with zero attached hydrogens (tertiary/aromatic N) is 8. The van der Waals surface area contributed by atoms with Crippen LogP contribution >= 0.6 is 0 Å². The van der Waals surface area contributed by atoms with Crippen LogP contribution in [0.25, 0.3) is 11.1 Å². The summed E-state index contributed by atoms with van der Waals surface area (Å²) in [6, 6.07) is 12.5. The molecule has 2 aliphatic rings. The van der Waals surface area contributed by atoms with Crippen molar-refractivity contribution in [2.75, 3.05) is 28.6 Å². The van der Waals surface area contributed by atoms with E-state index in [1.54, 1.807) is 72.8 Å². The number of hydrogen-bond acceptors (Lipinski definition) is 11. The maximum atomic E-state index is 14.3. The summed E-state index contributed by atoms with van der Waals surface area (Å²) in [5.74, 6) is -1.55. The number of benzene rings is 1. The Morgan fingerprint density at radius 3 is 2.46 bits per heavy atom. The normalized spacial score (nSPS) is 18.6. The number of halogens is 3. The molecule has 1 saturated carbocycles. The first-order valence-corrected chi connectivity index (χ1v) is 17.0. The molecule has 1 saturated heterocycles. The average Bonchev–Trinajstić information content (AvgIpc) is 3.84. The topological polar surface area (TPSA) is 166 Å². The Bertz CT molecular complexity index is 1870. The third-order valence-electron chi connectivity index (χ3n) is 9.03. The first kappa shape index (κ1) is 36.0. The van der Waals surface area contributed by atoms with E-state index in [0.29, 0.717) is 66.2 Å². The molecule has 1 aromatic carbocycles. The summed E-state index contributed by atoms with van der Waals surface area (Å²) in [7, 11) is 1.78. The van der Waals surface area contributed by atoms with Gasteiger partial charge in [-0.2, -0.15) is 28.5 Å². The maximum Gasteiger partial charge on any atom is 0.493 e. The number of rotatable bonds is 10. The monoisotopic (exact) mass is 717 g/mol. The molecule has 3 N–H and O–H groups in total. The Balaban J connectivity index is 1.22. The molecular weight excluding hydrogens is 679 g/mol. The van der Waals surface area contributed by atoms with Crippen LogP contribution in [0.4, 0.5) is 35.5 Å². The summed E-state index contributed by atoms with van der Waals surface area (Å²) in [6.07, 6.45) is 5.23. The van der Waals surface area contributed by atoms with E-state index in [2.05, 4.69) is 42.1 Å². The highest BCUT2D eigenvalue weighted by atomic mass is 19.4. The molecule has 14 nitrogen and oxygen atoms in total. The summed E-state index contributed by atoms with van der Waals surface area (Å²) in [4.78, 5) is 45.8. The van der Waals surface area contributed by atoms with Crippen LogP contribution < -0.4 is 20.9 Å². The van der Waals surface area contributed by atoms with E-state index in [1.165, 1.54) is 11.1 Å². The lowest BCUT2D eigenvalue weighted by Gasteiger charge is -2.38. The lowest BCUT2D eigenvalue weighted by molar-refractivity contribution is -0.229. The van der Waals surface area contributed by atoms with Crippen molar-refractivity contribution in [3.05, 3.63) is 78.4 Å². The fourth-order valence-corrected chi connectivity index (χ4v) is 6.35. The summed E-state index contributed by atoms with van der Waals surface area (Å²) >= 11 is 0. The standard InChI is InChI=1S/C35H38F3N11O3/c1-47-22-26(19-44-47)24-9-14-30(41-17-24)49(34(51)48(52-32(50)35(36,37)38)21-23-6-3-2-4-7-23)29-12-10-27(11-13-29)45-33-43-18-25(16-39)31(46-33)42-20-28-8-5-15-40-28/h2-4,6-7,9,14,17-19,22,27-29,40H,5,8,10-13,15,20-21H2,1H3,(H2,42,43,45,46). The van der Waals surface area contributed by atoms with Crippen LogP contribution in [-0.2, 0) is 23.2 Å². The zero-order valence-corrected chi connectivity index (χ0v) is 28.4. The van der Waals surface area contributed by atoms with Crippen LogP contribution in [0.15, 0.2) is 67.3 Å². The van der Waals surface area contributed by atoms with Crippen molar-refractivity contribution in [3.8, 4) is 17.2 Å². The molecule has 0 radical (unpaired) electrons. The van der Waals surface area contributed by atoms with E-state index in [0.717, 1.165) is 30.5 Å². The van der Waals surface area contributed by atoms with Gasteiger partial charge >= 0.3 is 18.2 Å². The van der Waals surface area contributed by atoms with Gasteiger partial charge in [0.05, 0.1) is 18.9 Å². The van der Waals surface area contributed by atoms with Gasteiger partial charge in [-0.1, -0.05) is 30.3 Å². The zero-order chi connectivity index (χ0) is 36.7. The highest BCUT2D eigenvalue weighted by molar-refractivity contribution is 5.92. The minimum Gasteiger partial charge on any atom is -0.367 e.